The Morgan fingerprint density at radius 3 is 2.65 bits per heavy atom. The number of piperidine rings is 3. The van der Waals surface area contributed by atoms with E-state index in [1.807, 2.05) is 12.1 Å². The molecule has 4 heterocycles. The molecule has 2 bridgehead atoms. The summed E-state index contributed by atoms with van der Waals surface area (Å²) in [6.45, 7) is 3.24. The Balaban J connectivity index is 1.55. The van der Waals surface area contributed by atoms with Crippen LogP contribution >= 0.6 is 27.3 Å². The van der Waals surface area contributed by atoms with E-state index in [9.17, 15) is 9.18 Å². The quantitative estimate of drug-likeness (QED) is 0.681. The lowest BCUT2D eigenvalue weighted by Gasteiger charge is -2.44. The number of rotatable bonds is 4. The number of carbonyl (C=O) groups is 1. The second-order valence-corrected chi connectivity index (χ2v) is 9.35. The molecular weight excluding hydrogens is 419 g/mol. The molecule has 3 aliphatic heterocycles. The molecule has 3 saturated heterocycles. The molecular formula is C19H20BrFN2O2S. The first-order valence-electron chi connectivity index (χ1n) is 8.79. The zero-order valence-electron chi connectivity index (χ0n) is 14.2. The minimum Gasteiger partial charge on any atom is -0.444 e. The highest BCUT2D eigenvalue weighted by Gasteiger charge is 2.37. The SMILES string of the molecule is O=C(O[C@H]1CN2CCC1CC2)N(Cc1ccc(Br)s1)c1ccccc1F. The number of nitrogens with zero attached hydrogens (tertiary/aromatic N) is 2. The molecule has 2 aromatic rings. The first-order valence-corrected chi connectivity index (χ1v) is 10.4. The van der Waals surface area contributed by atoms with Crippen LogP contribution in [0.4, 0.5) is 14.9 Å². The molecule has 26 heavy (non-hydrogen) atoms. The normalized spacial score (nSPS) is 24.5. The highest BCUT2D eigenvalue weighted by Crippen LogP contribution is 2.32. The first kappa shape index (κ1) is 17.9. The van der Waals surface area contributed by atoms with E-state index >= 15 is 0 Å². The fraction of sp³-hybridized carbons (Fsp3) is 0.421. The Hall–Kier alpha value is -1.44. The Kier molecular flexibility index (Phi) is 5.29. The van der Waals surface area contributed by atoms with E-state index < -0.39 is 11.9 Å². The van der Waals surface area contributed by atoms with Crippen molar-refractivity contribution in [1.29, 1.82) is 0 Å². The molecule has 0 saturated carbocycles. The average molecular weight is 439 g/mol. The van der Waals surface area contributed by atoms with E-state index in [0.29, 0.717) is 5.92 Å². The van der Waals surface area contributed by atoms with Crippen molar-refractivity contribution in [3.63, 3.8) is 0 Å². The maximum atomic E-state index is 14.4. The van der Waals surface area contributed by atoms with Crippen molar-refractivity contribution < 1.29 is 13.9 Å². The lowest BCUT2D eigenvalue weighted by molar-refractivity contribution is -0.0311. The van der Waals surface area contributed by atoms with Gasteiger partial charge in [-0.05, 0) is 72.0 Å². The monoisotopic (exact) mass is 438 g/mol. The summed E-state index contributed by atoms with van der Waals surface area (Å²) in [4.78, 5) is 17.7. The molecule has 0 N–H and O–H groups in total. The number of halogens is 2. The van der Waals surface area contributed by atoms with Gasteiger partial charge in [-0.15, -0.1) is 11.3 Å². The van der Waals surface area contributed by atoms with Crippen molar-refractivity contribution in [3.05, 3.63) is 50.9 Å². The molecule has 138 valence electrons. The number of para-hydroxylation sites is 1. The molecule has 0 radical (unpaired) electrons. The van der Waals surface area contributed by atoms with Crippen molar-refractivity contribution in [2.75, 3.05) is 24.5 Å². The van der Waals surface area contributed by atoms with Crippen molar-refractivity contribution in [2.24, 2.45) is 5.92 Å². The summed E-state index contributed by atoms with van der Waals surface area (Å²) >= 11 is 4.96. The number of thiophene rings is 1. The van der Waals surface area contributed by atoms with Gasteiger partial charge in [-0.25, -0.2) is 9.18 Å². The van der Waals surface area contributed by atoms with Gasteiger partial charge < -0.3 is 4.74 Å². The summed E-state index contributed by atoms with van der Waals surface area (Å²) < 4.78 is 21.2. The predicted molar refractivity (Wildman–Crippen MR) is 104 cm³/mol. The van der Waals surface area contributed by atoms with Gasteiger partial charge in [0.25, 0.3) is 0 Å². The van der Waals surface area contributed by atoms with Gasteiger partial charge in [0.1, 0.15) is 11.9 Å². The minimum atomic E-state index is -0.474. The lowest BCUT2D eigenvalue weighted by atomic mass is 9.86. The number of carbonyl (C=O) groups excluding carboxylic acids is 1. The van der Waals surface area contributed by atoms with Crippen molar-refractivity contribution >= 4 is 39.0 Å². The molecule has 1 atom stereocenters. The van der Waals surface area contributed by atoms with Crippen LogP contribution in [0.15, 0.2) is 40.2 Å². The molecule has 1 amide bonds. The molecule has 1 aromatic heterocycles. The van der Waals surface area contributed by atoms with Crippen LogP contribution in [0.1, 0.15) is 17.7 Å². The van der Waals surface area contributed by atoms with Gasteiger partial charge >= 0.3 is 6.09 Å². The fourth-order valence-corrected chi connectivity index (χ4v) is 5.22. The van der Waals surface area contributed by atoms with Crippen LogP contribution in [0.25, 0.3) is 0 Å². The zero-order valence-corrected chi connectivity index (χ0v) is 16.6. The molecule has 1 aromatic carbocycles. The van der Waals surface area contributed by atoms with Gasteiger partial charge in [0.05, 0.1) is 16.0 Å². The van der Waals surface area contributed by atoms with Gasteiger partial charge in [0.2, 0.25) is 0 Å². The van der Waals surface area contributed by atoms with E-state index in [-0.39, 0.29) is 18.3 Å². The average Bonchev–Trinajstić information content (AvgIpc) is 3.06. The largest absolute Gasteiger partial charge is 0.444 e. The third kappa shape index (κ3) is 3.80. The van der Waals surface area contributed by atoms with Crippen LogP contribution in [0.3, 0.4) is 0 Å². The van der Waals surface area contributed by atoms with Gasteiger partial charge in [-0.3, -0.25) is 9.80 Å². The van der Waals surface area contributed by atoms with Gasteiger partial charge in [0, 0.05) is 11.4 Å². The molecule has 0 spiro atoms. The van der Waals surface area contributed by atoms with Gasteiger partial charge in [-0.1, -0.05) is 12.1 Å². The molecule has 4 nitrogen and oxygen atoms in total. The number of benzene rings is 1. The molecule has 3 aliphatic rings. The number of hydrogen-bond donors (Lipinski definition) is 0. The highest BCUT2D eigenvalue weighted by molar-refractivity contribution is 9.11. The summed E-state index contributed by atoms with van der Waals surface area (Å²) in [6.07, 6.45) is 1.55. The summed E-state index contributed by atoms with van der Waals surface area (Å²) in [5.74, 6) is -0.00344. The van der Waals surface area contributed by atoms with E-state index in [0.717, 1.165) is 41.1 Å². The van der Waals surface area contributed by atoms with Crippen molar-refractivity contribution in [3.8, 4) is 0 Å². The van der Waals surface area contributed by atoms with Crippen LogP contribution in [0, 0.1) is 11.7 Å². The molecule has 7 heteroatoms. The van der Waals surface area contributed by atoms with E-state index in [1.54, 1.807) is 18.2 Å². The van der Waals surface area contributed by atoms with Crippen LogP contribution in [-0.2, 0) is 11.3 Å². The van der Waals surface area contributed by atoms with Gasteiger partial charge in [-0.2, -0.15) is 0 Å². The number of hydrogen-bond acceptors (Lipinski definition) is 4. The first-order chi connectivity index (χ1) is 12.6. The number of fused-ring (bicyclic) bond motifs is 3. The maximum absolute atomic E-state index is 14.4. The summed E-state index contributed by atoms with van der Waals surface area (Å²) in [5.41, 5.74) is 0.253. The number of anilines is 1. The van der Waals surface area contributed by atoms with E-state index in [2.05, 4.69) is 20.8 Å². The third-order valence-electron chi connectivity index (χ3n) is 5.15. The van der Waals surface area contributed by atoms with Gasteiger partial charge in [0.15, 0.2) is 0 Å². The Bertz CT molecular complexity index is 791. The summed E-state index contributed by atoms with van der Waals surface area (Å²) in [7, 11) is 0. The fourth-order valence-electron chi connectivity index (χ4n) is 3.75. The second kappa shape index (κ2) is 7.66. The second-order valence-electron chi connectivity index (χ2n) is 6.80. The number of ether oxygens (including phenoxy) is 1. The Morgan fingerprint density at radius 1 is 1.27 bits per heavy atom. The van der Waals surface area contributed by atoms with Crippen molar-refractivity contribution in [1.82, 2.24) is 4.90 Å². The van der Waals surface area contributed by atoms with Crippen molar-refractivity contribution in [2.45, 2.75) is 25.5 Å². The molecule has 0 unspecified atom stereocenters. The van der Waals surface area contributed by atoms with E-state index in [4.69, 9.17) is 4.74 Å². The third-order valence-corrected chi connectivity index (χ3v) is 6.76. The maximum Gasteiger partial charge on any atom is 0.415 e. The minimum absolute atomic E-state index is 0.102. The smallest absolute Gasteiger partial charge is 0.415 e. The topological polar surface area (TPSA) is 32.8 Å². The number of amides is 1. The Labute approximate surface area is 164 Å². The molecule has 3 fully saturated rings. The lowest BCUT2D eigenvalue weighted by Crippen LogP contribution is -2.53. The van der Waals surface area contributed by atoms with E-state index in [1.165, 1.54) is 22.3 Å². The zero-order chi connectivity index (χ0) is 18.1. The standard InChI is InChI=1S/C19H20BrFN2O2S/c20-18-6-5-14(26-18)11-23(16-4-2-1-3-15(16)21)19(24)25-17-12-22-9-7-13(17)8-10-22/h1-6,13,17H,7-12H2/t17-/m0/s1. The van der Waals surface area contributed by atoms with Crippen LogP contribution < -0.4 is 4.90 Å². The molecule has 0 aliphatic carbocycles. The van der Waals surface area contributed by atoms with Crippen LogP contribution in [-0.4, -0.2) is 36.7 Å². The van der Waals surface area contributed by atoms with Crippen LogP contribution in [0.5, 0.6) is 0 Å². The summed E-state index contributed by atoms with van der Waals surface area (Å²) in [6, 6.07) is 10.2. The highest BCUT2D eigenvalue weighted by atomic mass is 79.9. The van der Waals surface area contributed by atoms with Crippen LogP contribution in [0.2, 0.25) is 0 Å². The molecule has 5 rings (SSSR count). The predicted octanol–water partition coefficient (Wildman–Crippen LogP) is 4.89. The Morgan fingerprint density at radius 2 is 2.04 bits per heavy atom. The summed E-state index contributed by atoms with van der Waals surface area (Å²) in [5, 5.41) is 0.